The second-order valence-electron chi connectivity index (χ2n) is 4.76. The van der Waals surface area contributed by atoms with E-state index >= 15 is 0 Å². The molecule has 98 valence electrons. The lowest BCUT2D eigenvalue weighted by Gasteiger charge is -2.14. The van der Waals surface area contributed by atoms with E-state index in [9.17, 15) is 9.18 Å². The number of benzene rings is 1. The molecule has 0 unspecified atom stereocenters. The topological polar surface area (TPSA) is 75.4 Å². The van der Waals surface area contributed by atoms with Crippen LogP contribution in [0.25, 0.3) is 0 Å². The zero-order valence-corrected chi connectivity index (χ0v) is 10.1. The average Bonchev–Trinajstić information content (AvgIpc) is 2.82. The van der Waals surface area contributed by atoms with Crippen LogP contribution >= 0.6 is 0 Å². The normalized spacial score (nSPS) is 15.8. The molecule has 1 fully saturated rings. The Balaban J connectivity index is 2.08. The monoisotopic (exact) mass is 252 g/mol. The van der Waals surface area contributed by atoms with E-state index in [1.807, 2.05) is 0 Å². The summed E-state index contributed by atoms with van der Waals surface area (Å²) in [5.41, 5.74) is 6.08. The third-order valence-electron chi connectivity index (χ3n) is 3.43. The minimum absolute atomic E-state index is 0.270. The van der Waals surface area contributed by atoms with Crippen molar-refractivity contribution in [1.82, 2.24) is 0 Å². The predicted octanol–water partition coefficient (Wildman–Crippen LogP) is 2.71. The highest BCUT2D eigenvalue weighted by atomic mass is 19.1. The van der Waals surface area contributed by atoms with E-state index in [0.29, 0.717) is 11.6 Å². The maximum Gasteiger partial charge on any atom is 0.338 e. The van der Waals surface area contributed by atoms with Crippen LogP contribution in [0.3, 0.4) is 0 Å². The SMILES string of the molecule is Nc1cc(C(=O)O)c(F)cc1NCC1CCCC1. The maximum atomic E-state index is 13.5. The van der Waals surface area contributed by atoms with Crippen LogP contribution in [0.2, 0.25) is 0 Å². The summed E-state index contributed by atoms with van der Waals surface area (Å²) in [5, 5.41) is 11.9. The van der Waals surface area contributed by atoms with Crippen LogP contribution in [-0.2, 0) is 0 Å². The van der Waals surface area contributed by atoms with Crippen molar-refractivity contribution in [3.8, 4) is 0 Å². The van der Waals surface area contributed by atoms with E-state index in [1.54, 1.807) is 0 Å². The minimum atomic E-state index is -1.30. The fourth-order valence-corrected chi connectivity index (χ4v) is 2.38. The van der Waals surface area contributed by atoms with Gasteiger partial charge in [0.25, 0.3) is 0 Å². The molecule has 0 aliphatic heterocycles. The van der Waals surface area contributed by atoms with Gasteiger partial charge >= 0.3 is 5.97 Å². The summed E-state index contributed by atoms with van der Waals surface area (Å²) in [7, 11) is 0. The van der Waals surface area contributed by atoms with Crippen molar-refractivity contribution in [1.29, 1.82) is 0 Å². The van der Waals surface area contributed by atoms with E-state index in [4.69, 9.17) is 10.8 Å². The fraction of sp³-hybridized carbons (Fsp3) is 0.462. The number of carbonyl (C=O) groups is 1. The number of rotatable bonds is 4. The molecule has 4 N–H and O–H groups in total. The Morgan fingerprint density at radius 1 is 1.44 bits per heavy atom. The molecule has 0 spiro atoms. The predicted molar refractivity (Wildman–Crippen MR) is 68.2 cm³/mol. The second kappa shape index (κ2) is 5.25. The van der Waals surface area contributed by atoms with Gasteiger partial charge in [0.15, 0.2) is 0 Å². The van der Waals surface area contributed by atoms with Gasteiger partial charge in [-0.1, -0.05) is 12.8 Å². The molecule has 0 heterocycles. The number of carboxylic acid groups (broad SMARTS) is 1. The highest BCUT2D eigenvalue weighted by Gasteiger charge is 2.17. The molecule has 0 radical (unpaired) electrons. The Labute approximate surface area is 105 Å². The first kappa shape index (κ1) is 12.7. The first-order valence-corrected chi connectivity index (χ1v) is 6.14. The summed E-state index contributed by atoms with van der Waals surface area (Å²) < 4.78 is 13.5. The molecule has 5 heteroatoms. The zero-order chi connectivity index (χ0) is 13.1. The zero-order valence-electron chi connectivity index (χ0n) is 10.1. The Morgan fingerprint density at radius 2 is 2.11 bits per heavy atom. The molecular weight excluding hydrogens is 235 g/mol. The van der Waals surface area contributed by atoms with Gasteiger partial charge in [0.1, 0.15) is 5.82 Å². The summed E-state index contributed by atoms with van der Waals surface area (Å²) in [6.07, 6.45) is 4.85. The molecule has 0 amide bonds. The Hall–Kier alpha value is -1.78. The molecular formula is C13H17FN2O2. The maximum absolute atomic E-state index is 13.5. The third kappa shape index (κ3) is 2.72. The average molecular weight is 252 g/mol. The van der Waals surface area contributed by atoms with Gasteiger partial charge < -0.3 is 16.2 Å². The largest absolute Gasteiger partial charge is 0.478 e. The van der Waals surface area contributed by atoms with E-state index in [2.05, 4.69) is 5.32 Å². The lowest BCUT2D eigenvalue weighted by molar-refractivity contribution is 0.0692. The molecule has 0 aromatic heterocycles. The molecule has 2 rings (SSSR count). The van der Waals surface area contributed by atoms with Gasteiger partial charge in [0.05, 0.1) is 16.9 Å². The molecule has 1 saturated carbocycles. The van der Waals surface area contributed by atoms with Crippen LogP contribution in [0.5, 0.6) is 0 Å². The van der Waals surface area contributed by atoms with E-state index in [-0.39, 0.29) is 11.3 Å². The van der Waals surface area contributed by atoms with Crippen LogP contribution in [0.4, 0.5) is 15.8 Å². The van der Waals surface area contributed by atoms with Gasteiger partial charge in [-0.05, 0) is 30.9 Å². The molecule has 0 saturated heterocycles. The van der Waals surface area contributed by atoms with E-state index < -0.39 is 11.8 Å². The van der Waals surface area contributed by atoms with Crippen molar-refractivity contribution in [2.45, 2.75) is 25.7 Å². The molecule has 1 aromatic rings. The molecule has 4 nitrogen and oxygen atoms in total. The van der Waals surface area contributed by atoms with Gasteiger partial charge in [0, 0.05) is 6.54 Å². The number of hydrogen-bond acceptors (Lipinski definition) is 3. The van der Waals surface area contributed by atoms with Crippen LogP contribution in [0.15, 0.2) is 12.1 Å². The molecule has 1 aromatic carbocycles. The summed E-state index contributed by atoms with van der Waals surface area (Å²) >= 11 is 0. The molecule has 0 atom stereocenters. The quantitative estimate of drug-likeness (QED) is 0.720. The number of nitrogen functional groups attached to an aromatic ring is 1. The summed E-state index contributed by atoms with van der Waals surface area (Å²) in [4.78, 5) is 10.7. The van der Waals surface area contributed by atoms with Crippen molar-refractivity contribution in [2.75, 3.05) is 17.6 Å². The smallest absolute Gasteiger partial charge is 0.338 e. The van der Waals surface area contributed by atoms with Crippen LogP contribution < -0.4 is 11.1 Å². The Bertz CT molecular complexity index is 457. The van der Waals surface area contributed by atoms with Crippen molar-refractivity contribution in [3.05, 3.63) is 23.5 Å². The third-order valence-corrected chi connectivity index (χ3v) is 3.43. The lowest BCUT2D eigenvalue weighted by Crippen LogP contribution is -2.13. The summed E-state index contributed by atoms with van der Waals surface area (Å²) in [6.45, 7) is 0.760. The molecule has 18 heavy (non-hydrogen) atoms. The number of nitrogens with one attached hydrogen (secondary N) is 1. The lowest BCUT2D eigenvalue weighted by atomic mass is 10.1. The number of hydrogen-bond donors (Lipinski definition) is 3. The Kier molecular flexibility index (Phi) is 3.69. The number of anilines is 2. The number of aromatic carboxylic acids is 1. The Morgan fingerprint density at radius 3 is 2.72 bits per heavy atom. The van der Waals surface area contributed by atoms with Crippen molar-refractivity contribution in [2.24, 2.45) is 5.92 Å². The number of halogens is 1. The first-order valence-electron chi connectivity index (χ1n) is 6.14. The standard InChI is InChI=1S/C13H17FN2O2/c14-10-6-12(11(15)5-9(10)13(17)18)16-7-8-3-1-2-4-8/h5-6,8,16H,1-4,7,15H2,(H,17,18). The van der Waals surface area contributed by atoms with Crippen LogP contribution in [0, 0.1) is 11.7 Å². The fourth-order valence-electron chi connectivity index (χ4n) is 2.38. The second-order valence-corrected chi connectivity index (χ2v) is 4.76. The first-order chi connectivity index (χ1) is 8.58. The number of carboxylic acids is 1. The minimum Gasteiger partial charge on any atom is -0.478 e. The van der Waals surface area contributed by atoms with Crippen molar-refractivity contribution < 1.29 is 14.3 Å². The summed E-state index contributed by atoms with van der Waals surface area (Å²) in [5.74, 6) is -1.46. The molecule has 1 aliphatic carbocycles. The van der Waals surface area contributed by atoms with Crippen molar-refractivity contribution in [3.63, 3.8) is 0 Å². The van der Waals surface area contributed by atoms with Crippen molar-refractivity contribution >= 4 is 17.3 Å². The highest BCUT2D eigenvalue weighted by molar-refractivity contribution is 5.90. The van der Waals surface area contributed by atoms with E-state index in [1.165, 1.54) is 25.7 Å². The van der Waals surface area contributed by atoms with Gasteiger partial charge in [0.2, 0.25) is 0 Å². The van der Waals surface area contributed by atoms with Crippen LogP contribution in [0.1, 0.15) is 36.0 Å². The molecule has 1 aliphatic rings. The van der Waals surface area contributed by atoms with Gasteiger partial charge in [-0.15, -0.1) is 0 Å². The van der Waals surface area contributed by atoms with Gasteiger partial charge in [-0.2, -0.15) is 0 Å². The van der Waals surface area contributed by atoms with E-state index in [0.717, 1.165) is 18.7 Å². The summed E-state index contributed by atoms with van der Waals surface area (Å²) in [6, 6.07) is 2.32. The highest BCUT2D eigenvalue weighted by Crippen LogP contribution is 2.27. The number of nitrogens with two attached hydrogens (primary N) is 1. The molecule has 0 bridgehead atoms. The van der Waals surface area contributed by atoms with Crippen LogP contribution in [-0.4, -0.2) is 17.6 Å². The van der Waals surface area contributed by atoms with Gasteiger partial charge in [-0.25, -0.2) is 9.18 Å². The van der Waals surface area contributed by atoms with Gasteiger partial charge in [-0.3, -0.25) is 0 Å².